The molecule has 0 saturated heterocycles. The fourth-order valence-electron chi connectivity index (χ4n) is 1.51. The van der Waals surface area contributed by atoms with Crippen molar-refractivity contribution in [1.29, 1.82) is 0 Å². The quantitative estimate of drug-likeness (QED) is 0.500. The van der Waals surface area contributed by atoms with Crippen LogP contribution in [0, 0.1) is 6.92 Å². The molecule has 2 aromatic rings. The van der Waals surface area contributed by atoms with Gasteiger partial charge >= 0.3 is 0 Å². The Hall–Kier alpha value is -0.910. The monoisotopic (exact) mass is 279 g/mol. The summed E-state index contributed by atoms with van der Waals surface area (Å²) in [5.41, 5.74) is 1.10. The van der Waals surface area contributed by atoms with Gasteiger partial charge in [0.1, 0.15) is 0 Å². The van der Waals surface area contributed by atoms with Crippen molar-refractivity contribution in [3.63, 3.8) is 0 Å². The van der Waals surface area contributed by atoms with Gasteiger partial charge in [0.25, 0.3) is 0 Å². The van der Waals surface area contributed by atoms with E-state index in [0.29, 0.717) is 6.04 Å². The Morgan fingerprint density at radius 1 is 1.39 bits per heavy atom. The largest absolute Gasteiger partial charge is 0.309 e. The maximum absolute atomic E-state index is 4.27. The first-order valence-corrected chi connectivity index (χ1v) is 7.80. The molecule has 1 N–H and O–H groups in total. The molecule has 0 bridgehead atoms. The summed E-state index contributed by atoms with van der Waals surface area (Å²) in [5.74, 6) is 0.985. The molecule has 2 aromatic heterocycles. The number of nitrogens with one attached hydrogen (secondary N) is 1. The number of aryl methyl sites for hydroxylation is 1. The lowest BCUT2D eigenvalue weighted by Crippen LogP contribution is -2.20. The van der Waals surface area contributed by atoms with Gasteiger partial charge in [-0.1, -0.05) is 17.8 Å². The van der Waals surface area contributed by atoms with E-state index in [1.807, 2.05) is 19.3 Å². The molecule has 5 heteroatoms. The zero-order valence-electron chi connectivity index (χ0n) is 10.6. The summed E-state index contributed by atoms with van der Waals surface area (Å²) in [6.45, 7) is 5.15. The van der Waals surface area contributed by atoms with Gasteiger partial charge in [-0.15, -0.1) is 11.3 Å². The second-order valence-electron chi connectivity index (χ2n) is 4.08. The number of thioether (sulfide) groups is 1. The molecule has 1 unspecified atom stereocenters. The number of thiophene rings is 1. The van der Waals surface area contributed by atoms with Gasteiger partial charge in [-0.25, -0.2) is 9.97 Å². The van der Waals surface area contributed by atoms with Gasteiger partial charge in [0.15, 0.2) is 5.16 Å². The molecule has 0 aromatic carbocycles. The lowest BCUT2D eigenvalue weighted by Gasteiger charge is -2.11. The lowest BCUT2D eigenvalue weighted by molar-refractivity contribution is 0.610. The van der Waals surface area contributed by atoms with Crippen molar-refractivity contribution in [1.82, 2.24) is 15.3 Å². The predicted molar refractivity (Wildman–Crippen MR) is 78.2 cm³/mol. The average molecular weight is 279 g/mol. The van der Waals surface area contributed by atoms with E-state index in [2.05, 4.69) is 39.7 Å². The molecule has 0 saturated carbocycles. The summed E-state index contributed by atoms with van der Waals surface area (Å²) in [7, 11) is 0. The summed E-state index contributed by atoms with van der Waals surface area (Å²) < 4.78 is 0. The van der Waals surface area contributed by atoms with Gasteiger partial charge in [-0.3, -0.25) is 0 Å². The van der Waals surface area contributed by atoms with Gasteiger partial charge in [0.2, 0.25) is 0 Å². The van der Waals surface area contributed by atoms with Gasteiger partial charge in [0, 0.05) is 35.6 Å². The molecule has 1 atom stereocenters. The summed E-state index contributed by atoms with van der Waals surface area (Å²) in [6.07, 6.45) is 3.72. The molecular weight excluding hydrogens is 262 g/mol. The van der Waals surface area contributed by atoms with Crippen LogP contribution in [-0.4, -0.2) is 22.3 Å². The van der Waals surface area contributed by atoms with E-state index in [9.17, 15) is 0 Å². The standard InChI is InChI=1S/C13H17N3S2/c1-10-8-15-13(16-9-10)18-7-5-14-11(2)12-4-3-6-17-12/h3-4,6,8-9,11,14H,5,7H2,1-2H3. The van der Waals surface area contributed by atoms with E-state index in [-0.39, 0.29) is 0 Å². The Labute approximate surface area is 116 Å². The third-order valence-electron chi connectivity index (χ3n) is 2.51. The van der Waals surface area contributed by atoms with Crippen LogP contribution in [0.5, 0.6) is 0 Å². The minimum atomic E-state index is 0.421. The van der Waals surface area contributed by atoms with Crippen molar-refractivity contribution in [3.8, 4) is 0 Å². The SMILES string of the molecule is Cc1cnc(SCCNC(C)c2cccs2)nc1. The third kappa shape index (κ3) is 4.08. The number of aromatic nitrogens is 2. The molecule has 0 fully saturated rings. The smallest absolute Gasteiger partial charge is 0.187 e. The zero-order valence-corrected chi connectivity index (χ0v) is 12.2. The molecule has 0 aliphatic rings. The average Bonchev–Trinajstić information content (AvgIpc) is 2.90. The first-order chi connectivity index (χ1) is 8.75. The minimum absolute atomic E-state index is 0.421. The molecule has 96 valence electrons. The van der Waals surface area contributed by atoms with E-state index in [1.54, 1.807) is 23.1 Å². The highest BCUT2D eigenvalue weighted by Crippen LogP contribution is 2.18. The Bertz CT molecular complexity index is 454. The first kappa shape index (κ1) is 13.5. The number of nitrogens with zero attached hydrogens (tertiary/aromatic N) is 2. The second-order valence-corrected chi connectivity index (χ2v) is 6.12. The Morgan fingerprint density at radius 3 is 2.83 bits per heavy atom. The van der Waals surface area contributed by atoms with Crippen LogP contribution in [0.1, 0.15) is 23.4 Å². The summed E-state index contributed by atoms with van der Waals surface area (Å²) in [4.78, 5) is 9.92. The van der Waals surface area contributed by atoms with Crippen molar-refractivity contribution in [2.24, 2.45) is 0 Å². The number of hydrogen-bond donors (Lipinski definition) is 1. The molecule has 2 rings (SSSR count). The Morgan fingerprint density at radius 2 is 2.17 bits per heavy atom. The molecule has 2 heterocycles. The molecule has 18 heavy (non-hydrogen) atoms. The third-order valence-corrected chi connectivity index (χ3v) is 4.44. The summed E-state index contributed by atoms with van der Waals surface area (Å²) in [6, 6.07) is 4.68. The summed E-state index contributed by atoms with van der Waals surface area (Å²) >= 11 is 3.48. The van der Waals surface area contributed by atoms with Crippen LogP contribution < -0.4 is 5.32 Å². The van der Waals surface area contributed by atoms with E-state index in [1.165, 1.54) is 4.88 Å². The predicted octanol–water partition coefficient (Wildman–Crippen LogP) is 3.29. The number of hydrogen-bond acceptors (Lipinski definition) is 5. The van der Waals surface area contributed by atoms with Crippen molar-refractivity contribution in [3.05, 3.63) is 40.3 Å². The van der Waals surface area contributed by atoms with E-state index >= 15 is 0 Å². The van der Waals surface area contributed by atoms with Gasteiger partial charge < -0.3 is 5.32 Å². The first-order valence-electron chi connectivity index (χ1n) is 5.94. The lowest BCUT2D eigenvalue weighted by atomic mass is 10.3. The maximum atomic E-state index is 4.27. The molecule has 0 aliphatic carbocycles. The topological polar surface area (TPSA) is 37.8 Å². The van der Waals surface area contributed by atoms with E-state index < -0.39 is 0 Å². The second kappa shape index (κ2) is 6.87. The molecule has 0 spiro atoms. The normalized spacial score (nSPS) is 12.6. The van der Waals surface area contributed by atoms with Crippen LogP contribution in [0.3, 0.4) is 0 Å². The zero-order chi connectivity index (χ0) is 12.8. The van der Waals surface area contributed by atoms with Crippen molar-refractivity contribution >= 4 is 23.1 Å². The molecule has 0 aliphatic heterocycles. The van der Waals surface area contributed by atoms with Crippen molar-refractivity contribution in [2.75, 3.05) is 12.3 Å². The maximum Gasteiger partial charge on any atom is 0.187 e. The Balaban J connectivity index is 1.68. The van der Waals surface area contributed by atoms with Crippen molar-refractivity contribution in [2.45, 2.75) is 25.0 Å². The van der Waals surface area contributed by atoms with Crippen LogP contribution in [0.15, 0.2) is 35.1 Å². The minimum Gasteiger partial charge on any atom is -0.309 e. The molecule has 3 nitrogen and oxygen atoms in total. The highest BCUT2D eigenvalue weighted by atomic mass is 32.2. The fourth-order valence-corrected chi connectivity index (χ4v) is 2.93. The Kier molecular flexibility index (Phi) is 5.16. The van der Waals surface area contributed by atoms with Gasteiger partial charge in [-0.05, 0) is 30.9 Å². The number of rotatable bonds is 6. The van der Waals surface area contributed by atoms with Gasteiger partial charge in [-0.2, -0.15) is 0 Å². The van der Waals surface area contributed by atoms with E-state index in [0.717, 1.165) is 23.0 Å². The molecule has 0 radical (unpaired) electrons. The van der Waals surface area contributed by atoms with Crippen LogP contribution in [-0.2, 0) is 0 Å². The van der Waals surface area contributed by atoms with Crippen LogP contribution in [0.25, 0.3) is 0 Å². The molecular formula is C13H17N3S2. The molecule has 0 amide bonds. The van der Waals surface area contributed by atoms with Crippen LogP contribution in [0.2, 0.25) is 0 Å². The van der Waals surface area contributed by atoms with Gasteiger partial charge in [0.05, 0.1) is 0 Å². The van der Waals surface area contributed by atoms with Crippen molar-refractivity contribution < 1.29 is 0 Å². The summed E-state index contributed by atoms with van der Waals surface area (Å²) in [5, 5.41) is 6.47. The highest BCUT2D eigenvalue weighted by molar-refractivity contribution is 7.99. The fraction of sp³-hybridized carbons (Fsp3) is 0.385. The highest BCUT2D eigenvalue weighted by Gasteiger charge is 2.05. The van der Waals surface area contributed by atoms with Crippen LogP contribution >= 0.6 is 23.1 Å². The van der Waals surface area contributed by atoms with Crippen LogP contribution in [0.4, 0.5) is 0 Å². The van der Waals surface area contributed by atoms with E-state index in [4.69, 9.17) is 0 Å².